The van der Waals surface area contributed by atoms with E-state index in [1.807, 2.05) is 26.0 Å². The fraction of sp³-hybridized carbons (Fsp3) is 0.609. The first-order valence-corrected chi connectivity index (χ1v) is 10.2. The number of nitrogens with zero attached hydrogens (tertiary/aromatic N) is 1. The molecule has 0 aromatic heterocycles. The number of unbranched alkanes of at least 4 members (excludes halogenated alkanes) is 2. The number of anilines is 1. The van der Waals surface area contributed by atoms with Crippen LogP contribution in [-0.4, -0.2) is 19.4 Å². The third-order valence-corrected chi connectivity index (χ3v) is 5.14. The summed E-state index contributed by atoms with van der Waals surface area (Å²) in [5, 5.41) is 0. The molecule has 0 bridgehead atoms. The van der Waals surface area contributed by atoms with E-state index in [2.05, 4.69) is 37.5 Å². The Morgan fingerprint density at radius 2 is 1.48 bits per heavy atom. The average Bonchev–Trinajstić information content (AvgIpc) is 2.68. The fourth-order valence-electron chi connectivity index (χ4n) is 3.60. The molecule has 0 N–H and O–H groups in total. The number of piperidine rings is 1. The summed E-state index contributed by atoms with van der Waals surface area (Å²) >= 11 is 0. The number of rotatable bonds is 8. The van der Waals surface area contributed by atoms with E-state index in [0.717, 1.165) is 24.9 Å². The van der Waals surface area contributed by atoms with Crippen molar-refractivity contribution in [2.45, 2.75) is 66.2 Å². The maximum Gasteiger partial charge on any atom is 0.150 e. The third kappa shape index (κ3) is 6.34. The van der Waals surface area contributed by atoms with Crippen LogP contribution in [0.1, 0.15) is 76.6 Å². The zero-order chi connectivity index (χ0) is 18.7. The normalized spacial score (nSPS) is 20.0. The van der Waals surface area contributed by atoms with Crippen LogP contribution in [0, 0.1) is 11.8 Å². The molecule has 0 radical (unpaired) electrons. The Balaban J connectivity index is 0.00000151. The lowest BCUT2D eigenvalue weighted by molar-refractivity contribution is 0.112. The van der Waals surface area contributed by atoms with Crippen molar-refractivity contribution in [1.82, 2.24) is 0 Å². The molecular weight excluding hydrogens is 306 g/mol. The van der Waals surface area contributed by atoms with Gasteiger partial charge in [-0.15, -0.1) is 0 Å². The number of benzene rings is 1. The summed E-state index contributed by atoms with van der Waals surface area (Å²) in [6, 6.07) is 8.03. The van der Waals surface area contributed by atoms with E-state index in [9.17, 15) is 4.79 Å². The number of carbonyl (C=O) groups is 1. The Morgan fingerprint density at radius 1 is 1.00 bits per heavy atom. The van der Waals surface area contributed by atoms with Crippen molar-refractivity contribution in [1.29, 1.82) is 0 Å². The Hall–Kier alpha value is -1.57. The van der Waals surface area contributed by atoms with E-state index in [-0.39, 0.29) is 0 Å². The van der Waals surface area contributed by atoms with Crippen LogP contribution in [0.5, 0.6) is 0 Å². The van der Waals surface area contributed by atoms with E-state index >= 15 is 0 Å². The minimum atomic E-state index is 0.608. The highest BCUT2D eigenvalue weighted by Gasteiger charge is 2.29. The second-order valence-corrected chi connectivity index (χ2v) is 6.87. The summed E-state index contributed by atoms with van der Waals surface area (Å²) in [6.45, 7) is 15.1. The minimum Gasteiger partial charge on any atom is -0.370 e. The Kier molecular flexibility index (Phi) is 10.2. The minimum absolute atomic E-state index is 0.608. The number of aldehydes is 1. The number of hydrogen-bond acceptors (Lipinski definition) is 2. The Bertz CT molecular complexity index is 485. The first kappa shape index (κ1) is 21.5. The molecule has 2 heteroatoms. The van der Waals surface area contributed by atoms with Crippen LogP contribution in [0.3, 0.4) is 0 Å². The van der Waals surface area contributed by atoms with Crippen LogP contribution in [0.15, 0.2) is 36.4 Å². The van der Waals surface area contributed by atoms with Gasteiger partial charge in [0.1, 0.15) is 6.29 Å². The summed E-state index contributed by atoms with van der Waals surface area (Å²) < 4.78 is 0. The molecule has 1 fully saturated rings. The highest BCUT2D eigenvalue weighted by molar-refractivity contribution is 5.75. The molecule has 0 amide bonds. The zero-order valence-corrected chi connectivity index (χ0v) is 16.8. The van der Waals surface area contributed by atoms with Crippen LogP contribution in [0.2, 0.25) is 0 Å². The van der Waals surface area contributed by atoms with E-state index in [1.54, 1.807) is 0 Å². The quantitative estimate of drug-likeness (QED) is 0.396. The highest BCUT2D eigenvalue weighted by Crippen LogP contribution is 2.35. The summed E-state index contributed by atoms with van der Waals surface area (Å²) in [5.74, 6) is 1.22. The van der Waals surface area contributed by atoms with Gasteiger partial charge in [0, 0.05) is 24.3 Å². The summed E-state index contributed by atoms with van der Waals surface area (Å²) in [7, 11) is 0. The number of carbonyl (C=O) groups excluding carboxylic acids is 1. The van der Waals surface area contributed by atoms with Crippen molar-refractivity contribution >= 4 is 12.0 Å². The molecule has 0 aliphatic carbocycles. The molecule has 140 valence electrons. The third-order valence-electron chi connectivity index (χ3n) is 5.14. The standard InChI is InChI=1S/C21H31NO.C2H6/c1-4-6-8-19-14-22(15-20(17(19)3)9-7-5-2)21-12-10-18(16-23)11-13-21;1-2/h10-13,16,19-20H,3-9,14-15H2,1-2H3;1-2H3. The van der Waals surface area contributed by atoms with Gasteiger partial charge in [-0.1, -0.05) is 65.5 Å². The van der Waals surface area contributed by atoms with Crippen LogP contribution < -0.4 is 4.90 Å². The van der Waals surface area contributed by atoms with Gasteiger partial charge in [0.25, 0.3) is 0 Å². The first-order valence-electron chi connectivity index (χ1n) is 10.2. The molecule has 25 heavy (non-hydrogen) atoms. The van der Waals surface area contributed by atoms with Crippen molar-refractivity contribution in [2.24, 2.45) is 11.8 Å². The molecule has 2 atom stereocenters. The molecule has 0 saturated carbocycles. The predicted octanol–water partition coefficient (Wildman–Crippen LogP) is 6.51. The molecule has 0 spiro atoms. The van der Waals surface area contributed by atoms with Crippen molar-refractivity contribution < 1.29 is 4.79 Å². The van der Waals surface area contributed by atoms with Gasteiger partial charge in [0.05, 0.1) is 0 Å². The molecule has 1 aliphatic heterocycles. The fourth-order valence-corrected chi connectivity index (χ4v) is 3.60. The largest absolute Gasteiger partial charge is 0.370 e. The zero-order valence-electron chi connectivity index (χ0n) is 16.8. The lowest BCUT2D eigenvalue weighted by Crippen LogP contribution is -2.42. The molecule has 1 saturated heterocycles. The molecule has 1 heterocycles. The van der Waals surface area contributed by atoms with Crippen LogP contribution in [0.4, 0.5) is 5.69 Å². The van der Waals surface area contributed by atoms with Crippen molar-refractivity contribution in [2.75, 3.05) is 18.0 Å². The molecule has 2 nitrogen and oxygen atoms in total. The molecular formula is C23H37NO. The second-order valence-electron chi connectivity index (χ2n) is 6.87. The maximum absolute atomic E-state index is 10.9. The Morgan fingerprint density at radius 3 is 1.88 bits per heavy atom. The Labute approximate surface area is 155 Å². The van der Waals surface area contributed by atoms with Crippen LogP contribution >= 0.6 is 0 Å². The van der Waals surface area contributed by atoms with Gasteiger partial charge in [0.2, 0.25) is 0 Å². The van der Waals surface area contributed by atoms with Gasteiger partial charge in [-0.05, 0) is 48.9 Å². The summed E-state index contributed by atoms with van der Waals surface area (Å²) in [4.78, 5) is 13.4. The van der Waals surface area contributed by atoms with Gasteiger partial charge >= 0.3 is 0 Å². The number of hydrogen-bond donors (Lipinski definition) is 0. The molecule has 1 aromatic carbocycles. The molecule has 1 aliphatic rings. The maximum atomic E-state index is 10.9. The molecule has 2 rings (SSSR count). The van der Waals surface area contributed by atoms with Gasteiger partial charge in [0.15, 0.2) is 0 Å². The monoisotopic (exact) mass is 343 g/mol. The smallest absolute Gasteiger partial charge is 0.150 e. The lowest BCUT2D eigenvalue weighted by atomic mass is 9.79. The van der Waals surface area contributed by atoms with Crippen molar-refractivity contribution in [3.8, 4) is 0 Å². The lowest BCUT2D eigenvalue weighted by Gasteiger charge is -2.41. The van der Waals surface area contributed by atoms with Gasteiger partial charge in [-0.3, -0.25) is 4.79 Å². The van der Waals surface area contributed by atoms with Crippen molar-refractivity contribution in [3.63, 3.8) is 0 Å². The second kappa shape index (κ2) is 11.9. The summed E-state index contributed by atoms with van der Waals surface area (Å²) in [6.07, 6.45) is 8.47. The van der Waals surface area contributed by atoms with Gasteiger partial charge < -0.3 is 4.90 Å². The van der Waals surface area contributed by atoms with Gasteiger partial charge in [-0.25, -0.2) is 0 Å². The average molecular weight is 344 g/mol. The highest BCUT2D eigenvalue weighted by atomic mass is 16.1. The van der Waals surface area contributed by atoms with E-state index < -0.39 is 0 Å². The topological polar surface area (TPSA) is 20.3 Å². The van der Waals surface area contributed by atoms with Crippen molar-refractivity contribution in [3.05, 3.63) is 42.0 Å². The van der Waals surface area contributed by atoms with Crippen LogP contribution in [0.25, 0.3) is 0 Å². The van der Waals surface area contributed by atoms with E-state index in [4.69, 9.17) is 0 Å². The first-order chi connectivity index (χ1) is 12.2. The van der Waals surface area contributed by atoms with Gasteiger partial charge in [-0.2, -0.15) is 0 Å². The van der Waals surface area contributed by atoms with Crippen LogP contribution in [-0.2, 0) is 0 Å². The summed E-state index contributed by atoms with van der Waals surface area (Å²) in [5.41, 5.74) is 3.47. The molecule has 1 aromatic rings. The van der Waals surface area contributed by atoms with E-state index in [1.165, 1.54) is 49.8 Å². The predicted molar refractivity (Wildman–Crippen MR) is 111 cm³/mol. The SMILES string of the molecule is C=C1C(CCCC)CN(c2ccc(C=O)cc2)CC1CCCC.CC. The molecule has 2 unspecified atom stereocenters. The van der Waals surface area contributed by atoms with E-state index in [0.29, 0.717) is 11.8 Å².